The topological polar surface area (TPSA) is 58.2 Å². The third kappa shape index (κ3) is 3.55. The first-order chi connectivity index (χ1) is 13.2. The molecule has 144 valence electrons. The SMILES string of the molecule is COc1ccc(CC(C)NCC2OCc3c2ccc2c3OCO2)cc1OC. The van der Waals surface area contributed by atoms with Crippen molar-refractivity contribution in [3.05, 3.63) is 47.0 Å². The maximum Gasteiger partial charge on any atom is 0.231 e. The molecule has 2 unspecified atom stereocenters. The first-order valence-electron chi connectivity index (χ1n) is 9.17. The van der Waals surface area contributed by atoms with E-state index in [9.17, 15) is 0 Å². The summed E-state index contributed by atoms with van der Waals surface area (Å²) in [5.74, 6) is 3.16. The van der Waals surface area contributed by atoms with Gasteiger partial charge in [-0.1, -0.05) is 12.1 Å². The summed E-state index contributed by atoms with van der Waals surface area (Å²) in [7, 11) is 3.30. The predicted octanol–water partition coefficient (Wildman–Crippen LogP) is 3.22. The first kappa shape index (κ1) is 17.9. The monoisotopic (exact) mass is 371 g/mol. The third-order valence-corrected chi connectivity index (χ3v) is 5.10. The number of rotatable bonds is 7. The summed E-state index contributed by atoms with van der Waals surface area (Å²) in [5, 5.41) is 3.58. The molecule has 0 aromatic heterocycles. The summed E-state index contributed by atoms with van der Waals surface area (Å²) >= 11 is 0. The van der Waals surface area contributed by atoms with Crippen LogP contribution >= 0.6 is 0 Å². The Bertz CT molecular complexity index is 822. The highest BCUT2D eigenvalue weighted by Gasteiger charge is 2.30. The maximum absolute atomic E-state index is 5.98. The number of nitrogens with one attached hydrogen (secondary N) is 1. The van der Waals surface area contributed by atoms with Crippen LogP contribution in [0.5, 0.6) is 23.0 Å². The van der Waals surface area contributed by atoms with Crippen molar-refractivity contribution >= 4 is 0 Å². The molecule has 1 N–H and O–H groups in total. The van der Waals surface area contributed by atoms with E-state index in [1.165, 1.54) is 11.1 Å². The molecule has 0 spiro atoms. The lowest BCUT2D eigenvalue weighted by Gasteiger charge is -2.18. The van der Waals surface area contributed by atoms with Crippen molar-refractivity contribution in [2.45, 2.75) is 32.1 Å². The van der Waals surface area contributed by atoms with Crippen molar-refractivity contribution in [2.75, 3.05) is 27.6 Å². The van der Waals surface area contributed by atoms with E-state index in [0.717, 1.165) is 41.5 Å². The van der Waals surface area contributed by atoms with E-state index in [-0.39, 0.29) is 12.9 Å². The highest BCUT2D eigenvalue weighted by molar-refractivity contribution is 5.53. The van der Waals surface area contributed by atoms with E-state index in [1.54, 1.807) is 14.2 Å². The number of methoxy groups -OCH3 is 2. The largest absolute Gasteiger partial charge is 0.493 e. The van der Waals surface area contributed by atoms with E-state index in [4.69, 9.17) is 23.7 Å². The van der Waals surface area contributed by atoms with Crippen LogP contribution in [0.3, 0.4) is 0 Å². The van der Waals surface area contributed by atoms with E-state index < -0.39 is 0 Å². The molecule has 2 aromatic carbocycles. The molecule has 4 rings (SSSR count). The Morgan fingerprint density at radius 3 is 2.78 bits per heavy atom. The maximum atomic E-state index is 5.98. The van der Waals surface area contributed by atoms with Gasteiger partial charge in [0.05, 0.1) is 26.9 Å². The Balaban J connectivity index is 1.36. The molecule has 2 heterocycles. The molecule has 0 saturated heterocycles. The van der Waals surface area contributed by atoms with Crippen LogP contribution in [0.4, 0.5) is 0 Å². The lowest BCUT2D eigenvalue weighted by molar-refractivity contribution is 0.0635. The predicted molar refractivity (Wildman–Crippen MR) is 101 cm³/mol. The minimum atomic E-state index is 0.0300. The van der Waals surface area contributed by atoms with Gasteiger partial charge in [-0.2, -0.15) is 0 Å². The van der Waals surface area contributed by atoms with E-state index in [0.29, 0.717) is 12.6 Å². The lowest BCUT2D eigenvalue weighted by Crippen LogP contribution is -2.32. The molecule has 0 saturated carbocycles. The molecule has 0 aliphatic carbocycles. The summed E-state index contributed by atoms with van der Waals surface area (Å²) in [6.45, 7) is 3.78. The van der Waals surface area contributed by atoms with Crippen LogP contribution in [0, 0.1) is 0 Å². The van der Waals surface area contributed by atoms with Crippen LogP contribution in [-0.2, 0) is 17.8 Å². The average Bonchev–Trinajstić information content (AvgIpc) is 3.32. The van der Waals surface area contributed by atoms with Crippen LogP contribution in [0.2, 0.25) is 0 Å². The molecule has 27 heavy (non-hydrogen) atoms. The van der Waals surface area contributed by atoms with Crippen LogP contribution < -0.4 is 24.3 Å². The fourth-order valence-corrected chi connectivity index (χ4v) is 3.68. The second-order valence-corrected chi connectivity index (χ2v) is 6.87. The Kier molecular flexibility index (Phi) is 5.09. The number of benzene rings is 2. The van der Waals surface area contributed by atoms with Gasteiger partial charge in [0.25, 0.3) is 0 Å². The van der Waals surface area contributed by atoms with Gasteiger partial charge in [0.2, 0.25) is 6.79 Å². The quantitative estimate of drug-likeness (QED) is 0.806. The molecule has 0 radical (unpaired) electrons. The number of ether oxygens (including phenoxy) is 5. The van der Waals surface area contributed by atoms with Gasteiger partial charge in [0.15, 0.2) is 23.0 Å². The van der Waals surface area contributed by atoms with Crippen molar-refractivity contribution in [1.82, 2.24) is 5.32 Å². The number of hydrogen-bond acceptors (Lipinski definition) is 6. The van der Waals surface area contributed by atoms with Gasteiger partial charge in [0, 0.05) is 18.2 Å². The summed E-state index contributed by atoms with van der Waals surface area (Å²) in [4.78, 5) is 0. The molecule has 6 heteroatoms. The second-order valence-electron chi connectivity index (χ2n) is 6.87. The fraction of sp³-hybridized carbons (Fsp3) is 0.429. The lowest BCUT2D eigenvalue weighted by atomic mass is 10.0. The van der Waals surface area contributed by atoms with Crippen LogP contribution in [0.25, 0.3) is 0 Å². The Morgan fingerprint density at radius 2 is 1.96 bits per heavy atom. The molecule has 0 amide bonds. The molecule has 2 aliphatic heterocycles. The minimum absolute atomic E-state index is 0.0300. The zero-order valence-electron chi connectivity index (χ0n) is 15.9. The minimum Gasteiger partial charge on any atom is -0.493 e. The zero-order chi connectivity index (χ0) is 18.8. The summed E-state index contributed by atoms with van der Waals surface area (Å²) in [6.07, 6.45) is 0.920. The van der Waals surface area contributed by atoms with Gasteiger partial charge in [-0.3, -0.25) is 0 Å². The van der Waals surface area contributed by atoms with Gasteiger partial charge in [0.1, 0.15) is 0 Å². The average molecular weight is 371 g/mol. The van der Waals surface area contributed by atoms with Gasteiger partial charge in [-0.25, -0.2) is 0 Å². The third-order valence-electron chi connectivity index (χ3n) is 5.10. The summed E-state index contributed by atoms with van der Waals surface area (Å²) in [5.41, 5.74) is 3.50. The van der Waals surface area contributed by atoms with Crippen LogP contribution in [0.15, 0.2) is 30.3 Å². The normalized spacial score (nSPS) is 18.3. The molecule has 2 aliphatic rings. The van der Waals surface area contributed by atoms with Crippen LogP contribution in [-0.4, -0.2) is 33.6 Å². The fourth-order valence-electron chi connectivity index (χ4n) is 3.68. The molecular formula is C21H25NO5. The Labute approximate surface area is 159 Å². The molecule has 2 aromatic rings. The highest BCUT2D eigenvalue weighted by atomic mass is 16.7. The summed E-state index contributed by atoms with van der Waals surface area (Å²) < 4.78 is 27.7. The van der Waals surface area contributed by atoms with E-state index >= 15 is 0 Å². The smallest absolute Gasteiger partial charge is 0.231 e. The van der Waals surface area contributed by atoms with Crippen molar-refractivity contribution in [1.29, 1.82) is 0 Å². The Morgan fingerprint density at radius 1 is 1.11 bits per heavy atom. The van der Waals surface area contributed by atoms with Gasteiger partial charge < -0.3 is 29.0 Å². The van der Waals surface area contributed by atoms with Crippen molar-refractivity contribution in [2.24, 2.45) is 0 Å². The molecule has 2 atom stereocenters. The highest BCUT2D eigenvalue weighted by Crippen LogP contribution is 2.44. The molecular weight excluding hydrogens is 346 g/mol. The van der Waals surface area contributed by atoms with Gasteiger partial charge in [-0.15, -0.1) is 0 Å². The number of fused-ring (bicyclic) bond motifs is 3. The van der Waals surface area contributed by atoms with Crippen molar-refractivity contribution in [3.63, 3.8) is 0 Å². The van der Waals surface area contributed by atoms with Crippen molar-refractivity contribution in [3.8, 4) is 23.0 Å². The van der Waals surface area contributed by atoms with Gasteiger partial charge >= 0.3 is 0 Å². The Hall–Kier alpha value is -2.44. The first-order valence-corrected chi connectivity index (χ1v) is 9.17. The van der Waals surface area contributed by atoms with Crippen LogP contribution in [0.1, 0.15) is 29.7 Å². The second kappa shape index (κ2) is 7.66. The van der Waals surface area contributed by atoms with E-state index in [2.05, 4.69) is 24.4 Å². The standard InChI is InChI=1S/C21H25NO5/c1-13(8-14-4-6-17(23-2)19(9-14)24-3)22-10-20-15-5-7-18-21(27-12-26-18)16(15)11-25-20/h4-7,9,13,20,22H,8,10-12H2,1-3H3. The molecule has 0 bridgehead atoms. The number of hydrogen-bond donors (Lipinski definition) is 1. The molecule has 6 nitrogen and oxygen atoms in total. The van der Waals surface area contributed by atoms with Crippen molar-refractivity contribution < 1.29 is 23.7 Å². The molecule has 0 fully saturated rings. The van der Waals surface area contributed by atoms with Gasteiger partial charge in [-0.05, 0) is 42.7 Å². The summed E-state index contributed by atoms with van der Waals surface area (Å²) in [6, 6.07) is 10.4. The zero-order valence-corrected chi connectivity index (χ0v) is 15.9. The van der Waals surface area contributed by atoms with E-state index in [1.807, 2.05) is 18.2 Å².